The SMILES string of the molecule is O=C1CCCC#CC#CCCCCCCCO1. The number of ether oxygens (including phenoxy) is 1. The van der Waals surface area contributed by atoms with Crippen molar-refractivity contribution in [1.82, 2.24) is 0 Å². The van der Waals surface area contributed by atoms with Crippen molar-refractivity contribution >= 4 is 5.97 Å². The summed E-state index contributed by atoms with van der Waals surface area (Å²) in [5.41, 5.74) is 0. The highest BCUT2D eigenvalue weighted by Gasteiger charge is 2.01. The summed E-state index contributed by atoms with van der Waals surface area (Å²) >= 11 is 0. The monoisotopic (exact) mass is 232 g/mol. The first-order valence-electron chi connectivity index (χ1n) is 6.51. The molecule has 17 heavy (non-hydrogen) atoms. The predicted octanol–water partition coefficient (Wildman–Crippen LogP) is 3.06. The Morgan fingerprint density at radius 3 is 2.29 bits per heavy atom. The lowest BCUT2D eigenvalue weighted by Crippen LogP contribution is -2.05. The topological polar surface area (TPSA) is 26.3 Å². The Morgan fingerprint density at radius 1 is 0.824 bits per heavy atom. The second-order valence-electron chi connectivity index (χ2n) is 4.20. The molecule has 92 valence electrons. The van der Waals surface area contributed by atoms with Crippen molar-refractivity contribution in [3.8, 4) is 23.7 Å². The van der Waals surface area contributed by atoms with Gasteiger partial charge in [-0.15, -0.1) is 0 Å². The fourth-order valence-electron chi connectivity index (χ4n) is 1.64. The van der Waals surface area contributed by atoms with Crippen LogP contribution in [0.15, 0.2) is 0 Å². The molecule has 2 nitrogen and oxygen atoms in total. The minimum atomic E-state index is -0.0926. The van der Waals surface area contributed by atoms with Crippen LogP contribution in [0.4, 0.5) is 0 Å². The highest BCUT2D eigenvalue weighted by Crippen LogP contribution is 2.06. The van der Waals surface area contributed by atoms with E-state index in [0.717, 1.165) is 38.5 Å². The van der Waals surface area contributed by atoms with Crippen molar-refractivity contribution in [2.24, 2.45) is 0 Å². The lowest BCUT2D eigenvalue weighted by molar-refractivity contribution is -0.143. The molecule has 1 aliphatic rings. The summed E-state index contributed by atoms with van der Waals surface area (Å²) in [5.74, 6) is 11.6. The van der Waals surface area contributed by atoms with Crippen LogP contribution in [0.25, 0.3) is 0 Å². The van der Waals surface area contributed by atoms with Crippen molar-refractivity contribution in [2.75, 3.05) is 6.61 Å². The van der Waals surface area contributed by atoms with Crippen LogP contribution in [0.3, 0.4) is 0 Å². The molecule has 0 bridgehead atoms. The van der Waals surface area contributed by atoms with E-state index >= 15 is 0 Å². The van der Waals surface area contributed by atoms with E-state index in [9.17, 15) is 4.79 Å². The molecule has 0 aromatic rings. The summed E-state index contributed by atoms with van der Waals surface area (Å²) in [6.45, 7) is 0.574. The maximum absolute atomic E-state index is 11.3. The van der Waals surface area contributed by atoms with Gasteiger partial charge in [0, 0.05) is 19.3 Å². The standard InChI is InChI=1S/C15H20O2/c16-15-13-11-9-7-5-3-1-2-4-6-8-10-12-14-17-15/h2,4,6,8-14H2. The molecule has 0 aliphatic carbocycles. The highest BCUT2D eigenvalue weighted by molar-refractivity contribution is 5.69. The lowest BCUT2D eigenvalue weighted by Gasteiger charge is -2.04. The molecule has 2 heteroatoms. The van der Waals surface area contributed by atoms with Gasteiger partial charge in [0.1, 0.15) is 0 Å². The van der Waals surface area contributed by atoms with E-state index in [1.165, 1.54) is 12.8 Å². The van der Waals surface area contributed by atoms with Crippen LogP contribution in [0.1, 0.15) is 57.8 Å². The van der Waals surface area contributed by atoms with Crippen LogP contribution < -0.4 is 0 Å². The van der Waals surface area contributed by atoms with Crippen LogP contribution in [-0.4, -0.2) is 12.6 Å². The van der Waals surface area contributed by atoms with Crippen molar-refractivity contribution in [3.05, 3.63) is 0 Å². The summed E-state index contributed by atoms with van der Waals surface area (Å²) in [4.78, 5) is 11.3. The number of hydrogen-bond donors (Lipinski definition) is 0. The normalized spacial score (nSPS) is 19.2. The van der Waals surface area contributed by atoms with E-state index in [4.69, 9.17) is 4.74 Å². The summed E-state index contributed by atoms with van der Waals surface area (Å²) < 4.78 is 5.13. The Balaban J connectivity index is 2.32. The Bertz CT molecular complexity index is 335. The van der Waals surface area contributed by atoms with Gasteiger partial charge in [-0.1, -0.05) is 31.1 Å². The third-order valence-corrected chi connectivity index (χ3v) is 2.63. The molecule has 0 fully saturated rings. The molecule has 1 aliphatic heterocycles. The molecule has 0 spiro atoms. The van der Waals surface area contributed by atoms with Gasteiger partial charge in [0.2, 0.25) is 0 Å². The number of carbonyl (C=O) groups excluding carboxylic acids is 1. The summed E-state index contributed by atoms with van der Waals surface area (Å²) in [6, 6.07) is 0. The van der Waals surface area contributed by atoms with E-state index < -0.39 is 0 Å². The number of carbonyl (C=O) groups is 1. The van der Waals surface area contributed by atoms with Gasteiger partial charge in [0.05, 0.1) is 6.61 Å². The first kappa shape index (κ1) is 13.7. The molecule has 0 radical (unpaired) electrons. The minimum Gasteiger partial charge on any atom is -0.466 e. The van der Waals surface area contributed by atoms with Gasteiger partial charge in [-0.05, 0) is 31.1 Å². The van der Waals surface area contributed by atoms with Crippen LogP contribution >= 0.6 is 0 Å². The first-order chi connectivity index (χ1) is 8.39. The zero-order valence-electron chi connectivity index (χ0n) is 10.4. The van der Waals surface area contributed by atoms with Crippen LogP contribution in [-0.2, 0) is 9.53 Å². The van der Waals surface area contributed by atoms with Gasteiger partial charge in [0.25, 0.3) is 0 Å². The summed E-state index contributed by atoms with van der Waals surface area (Å²) in [6.07, 6.45) is 8.59. The van der Waals surface area contributed by atoms with Gasteiger partial charge in [-0.25, -0.2) is 0 Å². The second kappa shape index (κ2) is 9.79. The zero-order chi connectivity index (χ0) is 12.2. The number of hydrogen-bond acceptors (Lipinski definition) is 2. The van der Waals surface area contributed by atoms with Crippen molar-refractivity contribution in [1.29, 1.82) is 0 Å². The van der Waals surface area contributed by atoms with E-state index in [0.29, 0.717) is 13.0 Å². The predicted molar refractivity (Wildman–Crippen MR) is 68.1 cm³/mol. The van der Waals surface area contributed by atoms with Gasteiger partial charge in [0.15, 0.2) is 0 Å². The van der Waals surface area contributed by atoms with Crippen molar-refractivity contribution in [2.45, 2.75) is 57.8 Å². The Kier molecular flexibility index (Phi) is 7.86. The number of esters is 1. The quantitative estimate of drug-likeness (QED) is 0.474. The van der Waals surface area contributed by atoms with Crippen molar-refractivity contribution < 1.29 is 9.53 Å². The smallest absolute Gasteiger partial charge is 0.305 e. The van der Waals surface area contributed by atoms with Crippen LogP contribution in [0, 0.1) is 23.7 Å². The molecule has 1 rings (SSSR count). The molecule has 0 saturated heterocycles. The molecular formula is C15H20O2. The summed E-state index contributed by atoms with van der Waals surface area (Å²) in [5, 5.41) is 0. The third kappa shape index (κ3) is 8.40. The average Bonchev–Trinajstić information content (AvgIpc) is 2.32. The Morgan fingerprint density at radius 2 is 1.47 bits per heavy atom. The van der Waals surface area contributed by atoms with E-state index in [1.807, 2.05) is 0 Å². The first-order valence-corrected chi connectivity index (χ1v) is 6.51. The van der Waals surface area contributed by atoms with E-state index in [1.54, 1.807) is 0 Å². The zero-order valence-corrected chi connectivity index (χ0v) is 10.4. The largest absolute Gasteiger partial charge is 0.466 e. The molecule has 0 N–H and O–H groups in total. The maximum atomic E-state index is 11.3. The van der Waals surface area contributed by atoms with Crippen molar-refractivity contribution in [3.63, 3.8) is 0 Å². The fraction of sp³-hybridized carbons (Fsp3) is 0.667. The van der Waals surface area contributed by atoms with E-state index in [-0.39, 0.29) is 5.97 Å². The van der Waals surface area contributed by atoms with Gasteiger partial charge < -0.3 is 4.74 Å². The molecule has 0 amide bonds. The number of cyclic esters (lactones) is 1. The van der Waals surface area contributed by atoms with E-state index in [2.05, 4.69) is 23.7 Å². The second-order valence-corrected chi connectivity index (χ2v) is 4.20. The average molecular weight is 232 g/mol. The Hall–Kier alpha value is -1.41. The van der Waals surface area contributed by atoms with Gasteiger partial charge in [-0.3, -0.25) is 4.79 Å². The Labute approximate surface area is 104 Å². The molecule has 0 aromatic carbocycles. The summed E-state index contributed by atoms with van der Waals surface area (Å²) in [7, 11) is 0. The molecule has 0 saturated carbocycles. The van der Waals surface area contributed by atoms with Crippen LogP contribution in [0.5, 0.6) is 0 Å². The molecule has 0 unspecified atom stereocenters. The molecular weight excluding hydrogens is 212 g/mol. The number of rotatable bonds is 0. The minimum absolute atomic E-state index is 0.0926. The lowest BCUT2D eigenvalue weighted by atomic mass is 10.1. The molecule has 0 atom stereocenters. The van der Waals surface area contributed by atoms with Crippen LogP contribution in [0.2, 0.25) is 0 Å². The van der Waals surface area contributed by atoms with Gasteiger partial charge in [-0.2, -0.15) is 0 Å². The van der Waals surface area contributed by atoms with Gasteiger partial charge >= 0.3 is 5.97 Å². The molecule has 1 heterocycles. The highest BCUT2D eigenvalue weighted by atomic mass is 16.5. The fourth-order valence-corrected chi connectivity index (χ4v) is 1.64. The third-order valence-electron chi connectivity index (χ3n) is 2.63. The maximum Gasteiger partial charge on any atom is 0.305 e. The molecule has 0 aromatic heterocycles.